The van der Waals surface area contributed by atoms with Gasteiger partial charge >= 0.3 is 0 Å². The fourth-order valence-corrected chi connectivity index (χ4v) is 2.03. The minimum absolute atomic E-state index is 0.0851. The number of nitrogens with one attached hydrogen (secondary N) is 1. The van der Waals surface area contributed by atoms with Crippen molar-refractivity contribution in [2.24, 2.45) is 0 Å². The van der Waals surface area contributed by atoms with Crippen LogP contribution in [0.4, 0.5) is 0 Å². The summed E-state index contributed by atoms with van der Waals surface area (Å²) in [6.07, 6.45) is 2.89. The Bertz CT molecular complexity index is 302. The van der Waals surface area contributed by atoms with Gasteiger partial charge in [0.1, 0.15) is 0 Å². The van der Waals surface area contributed by atoms with Crippen LogP contribution in [0.1, 0.15) is 19.3 Å². The molecule has 2 amide bonds. The summed E-state index contributed by atoms with van der Waals surface area (Å²) < 4.78 is 0. The van der Waals surface area contributed by atoms with E-state index in [9.17, 15) is 9.59 Å². The quantitative estimate of drug-likeness (QED) is 0.637. The van der Waals surface area contributed by atoms with Crippen molar-refractivity contribution in [2.45, 2.75) is 31.3 Å². The molecule has 1 atom stereocenters. The number of amides is 2. The lowest BCUT2D eigenvalue weighted by atomic mass is 10.2. The molecule has 1 N–H and O–H groups in total. The lowest BCUT2D eigenvalue weighted by molar-refractivity contribution is -0.137. The molecule has 0 radical (unpaired) electrons. The number of hydrogen-bond acceptors (Lipinski definition) is 4. The van der Waals surface area contributed by atoms with Crippen molar-refractivity contribution in [1.29, 1.82) is 0 Å². The van der Waals surface area contributed by atoms with Gasteiger partial charge in [0.2, 0.25) is 11.8 Å². The van der Waals surface area contributed by atoms with Crippen LogP contribution in [-0.2, 0) is 9.59 Å². The second-order valence-electron chi connectivity index (χ2n) is 4.71. The molecule has 1 saturated heterocycles. The summed E-state index contributed by atoms with van der Waals surface area (Å²) in [5.74, 6) is -0.183. The Morgan fingerprint density at radius 2 is 2.12 bits per heavy atom. The van der Waals surface area contributed by atoms with Crippen molar-refractivity contribution in [3.8, 4) is 0 Å². The minimum Gasteiger partial charge on any atom is -0.304 e. The van der Waals surface area contributed by atoms with E-state index in [2.05, 4.69) is 17.3 Å². The Labute approximate surface area is 95.8 Å². The Hall–Kier alpha value is -0.940. The summed E-state index contributed by atoms with van der Waals surface area (Å²) in [6.45, 7) is 1.71. The highest BCUT2D eigenvalue weighted by molar-refractivity contribution is 6.05. The summed E-state index contributed by atoms with van der Waals surface area (Å²) in [6, 6.07) is 0.440. The molecule has 0 aromatic rings. The molecular formula is C11H19N3O2. The predicted octanol–water partition coefficient (Wildman–Crippen LogP) is -0.572. The van der Waals surface area contributed by atoms with Gasteiger partial charge in [0.25, 0.3) is 0 Å². The zero-order chi connectivity index (χ0) is 11.7. The van der Waals surface area contributed by atoms with Gasteiger partial charge in [0.15, 0.2) is 0 Å². The second kappa shape index (κ2) is 4.51. The van der Waals surface area contributed by atoms with Crippen molar-refractivity contribution >= 4 is 11.8 Å². The average molecular weight is 225 g/mol. The Morgan fingerprint density at radius 1 is 1.44 bits per heavy atom. The van der Waals surface area contributed by atoms with Gasteiger partial charge in [-0.15, -0.1) is 0 Å². The lowest BCUT2D eigenvalue weighted by Crippen LogP contribution is -2.41. The number of imide groups is 1. The first-order valence-corrected chi connectivity index (χ1v) is 5.83. The molecule has 2 aliphatic rings. The van der Waals surface area contributed by atoms with Gasteiger partial charge in [-0.25, -0.2) is 0 Å². The van der Waals surface area contributed by atoms with E-state index in [4.69, 9.17) is 0 Å². The van der Waals surface area contributed by atoms with Gasteiger partial charge in [0, 0.05) is 26.2 Å². The van der Waals surface area contributed by atoms with Crippen molar-refractivity contribution in [3.05, 3.63) is 0 Å². The number of rotatable bonds is 5. The smallest absolute Gasteiger partial charge is 0.246 e. The number of hydrogen-bond donors (Lipinski definition) is 1. The Balaban J connectivity index is 1.70. The highest BCUT2D eigenvalue weighted by Gasteiger charge is 2.35. The molecule has 1 aliphatic heterocycles. The van der Waals surface area contributed by atoms with E-state index in [0.717, 1.165) is 19.1 Å². The van der Waals surface area contributed by atoms with E-state index < -0.39 is 0 Å². The Morgan fingerprint density at radius 3 is 2.62 bits per heavy atom. The van der Waals surface area contributed by atoms with E-state index in [1.165, 1.54) is 17.7 Å². The standard InChI is InChI=1S/C11H19N3O2/c1-13(8-3-4-8)6-5-12-9-7-10(15)14(2)11(9)16/h8-9,12H,3-7H2,1-2H3. The van der Waals surface area contributed by atoms with E-state index in [-0.39, 0.29) is 17.9 Å². The van der Waals surface area contributed by atoms with Crippen LogP contribution in [0.25, 0.3) is 0 Å². The van der Waals surface area contributed by atoms with E-state index in [1.807, 2.05) is 0 Å². The van der Waals surface area contributed by atoms with Crippen LogP contribution in [0.15, 0.2) is 0 Å². The molecule has 16 heavy (non-hydrogen) atoms. The van der Waals surface area contributed by atoms with Gasteiger partial charge in [-0.3, -0.25) is 14.5 Å². The molecule has 5 heteroatoms. The fourth-order valence-electron chi connectivity index (χ4n) is 2.03. The number of nitrogens with zero attached hydrogens (tertiary/aromatic N) is 2. The first-order chi connectivity index (χ1) is 7.59. The number of likely N-dealkylation sites (tertiary alicyclic amines) is 1. The predicted molar refractivity (Wildman–Crippen MR) is 59.8 cm³/mol. The molecular weight excluding hydrogens is 206 g/mol. The molecule has 5 nitrogen and oxygen atoms in total. The average Bonchev–Trinajstić information content (AvgIpc) is 3.05. The molecule has 1 unspecified atom stereocenters. The van der Waals surface area contributed by atoms with Gasteiger partial charge in [-0.1, -0.05) is 0 Å². The van der Waals surface area contributed by atoms with Crippen molar-refractivity contribution in [3.63, 3.8) is 0 Å². The van der Waals surface area contributed by atoms with Gasteiger partial charge in [-0.05, 0) is 19.9 Å². The molecule has 0 bridgehead atoms. The normalized spacial score (nSPS) is 25.9. The molecule has 0 spiro atoms. The molecule has 1 heterocycles. The molecule has 0 aromatic heterocycles. The third-order valence-corrected chi connectivity index (χ3v) is 3.41. The highest BCUT2D eigenvalue weighted by atomic mass is 16.2. The van der Waals surface area contributed by atoms with Crippen LogP contribution >= 0.6 is 0 Å². The van der Waals surface area contributed by atoms with Crippen molar-refractivity contribution < 1.29 is 9.59 Å². The maximum absolute atomic E-state index is 11.6. The molecule has 2 fully saturated rings. The maximum atomic E-state index is 11.6. The first-order valence-electron chi connectivity index (χ1n) is 5.83. The summed E-state index contributed by atoms with van der Waals surface area (Å²) in [5, 5.41) is 3.15. The molecule has 90 valence electrons. The van der Waals surface area contributed by atoms with Crippen molar-refractivity contribution in [2.75, 3.05) is 27.2 Å². The first kappa shape index (κ1) is 11.5. The maximum Gasteiger partial charge on any atom is 0.246 e. The zero-order valence-electron chi connectivity index (χ0n) is 9.90. The molecule has 0 aromatic carbocycles. The SMILES string of the molecule is CN1C(=O)CC(NCCN(C)C2CC2)C1=O. The number of carbonyl (C=O) groups is 2. The van der Waals surface area contributed by atoms with E-state index >= 15 is 0 Å². The van der Waals surface area contributed by atoms with E-state index in [0.29, 0.717) is 6.42 Å². The van der Waals surface area contributed by atoms with E-state index in [1.54, 1.807) is 7.05 Å². The molecule has 1 aliphatic carbocycles. The second-order valence-corrected chi connectivity index (χ2v) is 4.71. The zero-order valence-corrected chi connectivity index (χ0v) is 9.90. The van der Waals surface area contributed by atoms with Crippen LogP contribution in [0.5, 0.6) is 0 Å². The minimum atomic E-state index is -0.301. The van der Waals surface area contributed by atoms with Crippen molar-refractivity contribution in [1.82, 2.24) is 15.1 Å². The van der Waals surface area contributed by atoms with Gasteiger partial charge in [0.05, 0.1) is 12.5 Å². The molecule has 1 saturated carbocycles. The topological polar surface area (TPSA) is 52.7 Å². The largest absolute Gasteiger partial charge is 0.304 e. The summed E-state index contributed by atoms with van der Waals surface area (Å²) >= 11 is 0. The van der Waals surface area contributed by atoms with Crippen LogP contribution < -0.4 is 5.32 Å². The highest BCUT2D eigenvalue weighted by Crippen LogP contribution is 2.24. The van der Waals surface area contributed by atoms with Gasteiger partial charge in [-0.2, -0.15) is 0 Å². The summed E-state index contributed by atoms with van der Waals surface area (Å²) in [7, 11) is 3.65. The van der Waals surface area contributed by atoms with Crippen LogP contribution in [-0.4, -0.2) is 60.9 Å². The molecule has 2 rings (SSSR count). The number of likely N-dealkylation sites (N-methyl/N-ethyl adjacent to an activating group) is 2. The van der Waals surface area contributed by atoms with Crippen LogP contribution in [0.2, 0.25) is 0 Å². The van der Waals surface area contributed by atoms with Crippen LogP contribution in [0, 0.1) is 0 Å². The monoisotopic (exact) mass is 225 g/mol. The third-order valence-electron chi connectivity index (χ3n) is 3.41. The third kappa shape index (κ3) is 2.41. The van der Waals surface area contributed by atoms with Crippen LogP contribution in [0.3, 0.4) is 0 Å². The lowest BCUT2D eigenvalue weighted by Gasteiger charge is -2.17. The summed E-state index contributed by atoms with van der Waals surface area (Å²) in [5.41, 5.74) is 0. The fraction of sp³-hybridized carbons (Fsp3) is 0.818. The Kier molecular flexibility index (Phi) is 3.25. The summed E-state index contributed by atoms with van der Waals surface area (Å²) in [4.78, 5) is 26.3. The number of carbonyl (C=O) groups excluding carboxylic acids is 2. The van der Waals surface area contributed by atoms with Gasteiger partial charge < -0.3 is 10.2 Å².